The number of hydrogen-bond acceptors (Lipinski definition) is 5. The number of allylic oxidation sites excluding steroid dienone is 6. The van der Waals surface area contributed by atoms with Crippen molar-refractivity contribution in [3.8, 4) is 0 Å². The Morgan fingerprint density at radius 2 is 0.712 bits per heavy atom. The van der Waals surface area contributed by atoms with Crippen LogP contribution in [0.1, 0.15) is 354 Å². The van der Waals surface area contributed by atoms with Gasteiger partial charge in [-0.1, -0.05) is 301 Å². The zero-order chi connectivity index (χ0) is 52.9. The molecule has 2 unspecified atom stereocenters. The first kappa shape index (κ1) is 71.1. The molecule has 0 radical (unpaired) electrons. The fraction of sp³-hybridized carbons (Fsp3) is 0.881. The molecule has 0 saturated carbocycles. The molecule has 3 N–H and O–H groups in total. The molecule has 0 rings (SSSR count). The van der Waals surface area contributed by atoms with Gasteiger partial charge in [-0.3, -0.25) is 9.59 Å². The molecule has 0 aliphatic carbocycles. The van der Waals surface area contributed by atoms with Crippen LogP contribution >= 0.6 is 0 Å². The topological polar surface area (TPSA) is 95.9 Å². The van der Waals surface area contributed by atoms with Crippen molar-refractivity contribution in [1.29, 1.82) is 0 Å². The lowest BCUT2D eigenvalue weighted by Gasteiger charge is -2.22. The average Bonchev–Trinajstić information content (AvgIpc) is 3.39. The maximum atomic E-state index is 12.5. The average molecular weight is 1030 g/mol. The van der Waals surface area contributed by atoms with Crippen LogP contribution in [0.3, 0.4) is 0 Å². The maximum Gasteiger partial charge on any atom is 0.305 e. The minimum Gasteiger partial charge on any atom is -0.466 e. The molecule has 0 bridgehead atoms. The molecule has 0 aromatic rings. The Balaban J connectivity index is 3.37. The van der Waals surface area contributed by atoms with Crippen LogP contribution in [-0.2, 0) is 14.3 Å². The maximum absolute atomic E-state index is 12.5. The number of unbranched alkanes of at least 4 members (excludes halogenated alkanes) is 44. The normalized spacial score (nSPS) is 12.8. The number of hydrogen-bond donors (Lipinski definition) is 3. The van der Waals surface area contributed by atoms with Crippen molar-refractivity contribution in [3.63, 3.8) is 0 Å². The highest BCUT2D eigenvalue weighted by molar-refractivity contribution is 5.76. The zero-order valence-corrected chi connectivity index (χ0v) is 49.1. The second kappa shape index (κ2) is 62.6. The Labute approximate surface area is 455 Å². The summed E-state index contributed by atoms with van der Waals surface area (Å²) in [7, 11) is 0. The predicted octanol–water partition coefficient (Wildman–Crippen LogP) is 20.8. The van der Waals surface area contributed by atoms with E-state index in [0.717, 1.165) is 51.4 Å². The third kappa shape index (κ3) is 59.2. The van der Waals surface area contributed by atoms with Gasteiger partial charge in [0.05, 0.1) is 25.4 Å². The minimum atomic E-state index is -0.663. The van der Waals surface area contributed by atoms with E-state index in [0.29, 0.717) is 25.9 Å². The van der Waals surface area contributed by atoms with Gasteiger partial charge in [0.1, 0.15) is 0 Å². The van der Waals surface area contributed by atoms with Gasteiger partial charge in [0, 0.05) is 12.8 Å². The summed E-state index contributed by atoms with van der Waals surface area (Å²) >= 11 is 0. The van der Waals surface area contributed by atoms with Gasteiger partial charge in [-0.05, 0) is 77.0 Å². The molecule has 0 heterocycles. The van der Waals surface area contributed by atoms with Gasteiger partial charge in [-0.25, -0.2) is 0 Å². The van der Waals surface area contributed by atoms with Crippen molar-refractivity contribution in [2.45, 2.75) is 366 Å². The van der Waals surface area contributed by atoms with E-state index in [-0.39, 0.29) is 18.5 Å². The van der Waals surface area contributed by atoms with E-state index < -0.39 is 12.1 Å². The standard InChI is InChI=1S/C67H127NO5/c1-3-5-7-9-11-13-15-17-36-39-43-47-51-55-59-65(70)64(63-69)68-66(71)60-56-52-48-44-40-37-33-31-29-27-25-23-21-19-18-20-22-24-26-28-30-32-34-38-42-46-50-54-58-62-73-67(72)61-57-53-49-45-41-35-16-14-12-10-8-6-4-2/h8,10,14,16,18,20,64-65,69-70H,3-7,9,11-13,15,17,19,21-63H2,1-2H3,(H,68,71)/b10-8-,16-14-,20-18-. The lowest BCUT2D eigenvalue weighted by molar-refractivity contribution is -0.143. The van der Waals surface area contributed by atoms with Crippen molar-refractivity contribution < 1.29 is 24.5 Å². The summed E-state index contributed by atoms with van der Waals surface area (Å²) in [5, 5.41) is 23.3. The number of amides is 1. The number of ether oxygens (including phenoxy) is 1. The van der Waals surface area contributed by atoms with Crippen molar-refractivity contribution in [1.82, 2.24) is 5.32 Å². The first-order valence-electron chi connectivity index (χ1n) is 32.7. The monoisotopic (exact) mass is 1030 g/mol. The fourth-order valence-corrected chi connectivity index (χ4v) is 10.1. The first-order valence-corrected chi connectivity index (χ1v) is 32.7. The number of esters is 1. The number of aliphatic hydroxyl groups is 2. The van der Waals surface area contributed by atoms with E-state index in [1.54, 1.807) is 0 Å². The van der Waals surface area contributed by atoms with E-state index >= 15 is 0 Å². The highest BCUT2D eigenvalue weighted by atomic mass is 16.5. The van der Waals surface area contributed by atoms with Crippen LogP contribution in [0.2, 0.25) is 0 Å². The van der Waals surface area contributed by atoms with Crippen molar-refractivity contribution >= 4 is 11.9 Å². The molecule has 0 aromatic carbocycles. The molecule has 2 atom stereocenters. The Morgan fingerprint density at radius 3 is 1.11 bits per heavy atom. The molecule has 0 aliphatic rings. The van der Waals surface area contributed by atoms with Crippen LogP contribution in [0.5, 0.6) is 0 Å². The summed E-state index contributed by atoms with van der Waals surface area (Å²) in [5.74, 6) is -0.0315. The highest BCUT2D eigenvalue weighted by Crippen LogP contribution is 2.18. The summed E-state index contributed by atoms with van der Waals surface area (Å²) in [6.45, 7) is 4.90. The Morgan fingerprint density at radius 1 is 0.384 bits per heavy atom. The van der Waals surface area contributed by atoms with Crippen molar-refractivity contribution in [2.75, 3.05) is 13.2 Å². The van der Waals surface area contributed by atoms with E-state index in [1.165, 1.54) is 270 Å². The van der Waals surface area contributed by atoms with Gasteiger partial charge in [0.2, 0.25) is 5.91 Å². The summed E-state index contributed by atoms with van der Waals surface area (Å²) < 4.78 is 5.47. The molecule has 430 valence electrons. The summed E-state index contributed by atoms with van der Waals surface area (Å²) in [6.07, 6.45) is 78.9. The van der Waals surface area contributed by atoms with Crippen LogP contribution in [0.15, 0.2) is 36.5 Å². The van der Waals surface area contributed by atoms with Crippen LogP contribution in [0, 0.1) is 0 Å². The number of carbonyl (C=O) groups excluding carboxylic acids is 2. The molecular weight excluding hydrogens is 899 g/mol. The van der Waals surface area contributed by atoms with Gasteiger partial charge in [0.15, 0.2) is 0 Å². The lowest BCUT2D eigenvalue weighted by atomic mass is 10.0. The molecule has 0 saturated heterocycles. The fourth-order valence-electron chi connectivity index (χ4n) is 10.1. The Kier molecular flexibility index (Phi) is 61.0. The van der Waals surface area contributed by atoms with Crippen molar-refractivity contribution in [2.24, 2.45) is 0 Å². The quantitative estimate of drug-likeness (QED) is 0.0320. The summed E-state index contributed by atoms with van der Waals surface area (Å²) in [6, 6.07) is -0.540. The molecule has 1 amide bonds. The van der Waals surface area contributed by atoms with Crippen LogP contribution in [0.25, 0.3) is 0 Å². The van der Waals surface area contributed by atoms with E-state index in [9.17, 15) is 19.8 Å². The molecule has 6 heteroatoms. The number of aliphatic hydroxyl groups excluding tert-OH is 2. The Bertz CT molecular complexity index is 1180. The SMILES string of the molecule is CCC/C=C\C/C=C\CCCCCCCC(=O)OCCCCCCCCCCCCCC/C=C\CCCCCCCCCCCCCCCC(=O)NC(CO)C(O)CCCCCCCCCCCCCCCC. The third-order valence-electron chi connectivity index (χ3n) is 15.1. The highest BCUT2D eigenvalue weighted by Gasteiger charge is 2.20. The predicted molar refractivity (Wildman–Crippen MR) is 319 cm³/mol. The third-order valence-corrected chi connectivity index (χ3v) is 15.1. The second-order valence-corrected chi connectivity index (χ2v) is 22.4. The van der Waals surface area contributed by atoms with Crippen LogP contribution in [0.4, 0.5) is 0 Å². The summed E-state index contributed by atoms with van der Waals surface area (Å²) in [5.41, 5.74) is 0. The smallest absolute Gasteiger partial charge is 0.305 e. The van der Waals surface area contributed by atoms with Gasteiger partial charge >= 0.3 is 5.97 Å². The van der Waals surface area contributed by atoms with Gasteiger partial charge in [0.25, 0.3) is 0 Å². The van der Waals surface area contributed by atoms with E-state index in [2.05, 4.69) is 55.6 Å². The summed E-state index contributed by atoms with van der Waals surface area (Å²) in [4.78, 5) is 24.5. The number of rotatable bonds is 61. The Hall–Kier alpha value is -1.92. The molecule has 0 fully saturated rings. The number of carbonyl (C=O) groups is 2. The lowest BCUT2D eigenvalue weighted by Crippen LogP contribution is -2.45. The van der Waals surface area contributed by atoms with Crippen LogP contribution < -0.4 is 5.32 Å². The number of nitrogens with one attached hydrogen (secondary N) is 1. The van der Waals surface area contributed by atoms with Crippen molar-refractivity contribution in [3.05, 3.63) is 36.5 Å². The molecule has 0 spiro atoms. The van der Waals surface area contributed by atoms with Gasteiger partial charge < -0.3 is 20.3 Å². The molecular formula is C67H127NO5. The van der Waals surface area contributed by atoms with E-state index in [4.69, 9.17) is 4.74 Å². The first-order chi connectivity index (χ1) is 36.0. The minimum absolute atomic E-state index is 0.00115. The molecule has 6 nitrogen and oxygen atoms in total. The van der Waals surface area contributed by atoms with Gasteiger partial charge in [-0.15, -0.1) is 0 Å². The molecule has 0 aliphatic heterocycles. The zero-order valence-electron chi connectivity index (χ0n) is 49.1. The molecule has 73 heavy (non-hydrogen) atoms. The van der Waals surface area contributed by atoms with Gasteiger partial charge in [-0.2, -0.15) is 0 Å². The largest absolute Gasteiger partial charge is 0.466 e. The second-order valence-electron chi connectivity index (χ2n) is 22.4. The van der Waals surface area contributed by atoms with Crippen LogP contribution in [-0.4, -0.2) is 47.4 Å². The molecule has 0 aromatic heterocycles. The van der Waals surface area contributed by atoms with E-state index in [1.807, 2.05) is 0 Å².